The number of amides is 3. The maximum absolute atomic E-state index is 13.4. The fourth-order valence-electron chi connectivity index (χ4n) is 2.89. The number of carbonyl (C=O) groups is 3. The number of imide groups is 1. The van der Waals surface area contributed by atoms with Gasteiger partial charge in [-0.05, 0) is 36.8 Å². The third-order valence-corrected chi connectivity index (χ3v) is 4.36. The van der Waals surface area contributed by atoms with E-state index in [1.807, 2.05) is 5.32 Å². The summed E-state index contributed by atoms with van der Waals surface area (Å²) in [4.78, 5) is 40.1. The first kappa shape index (κ1) is 23.2. The summed E-state index contributed by atoms with van der Waals surface area (Å²) in [5, 5.41) is 9.61. The van der Waals surface area contributed by atoms with Gasteiger partial charge in [0.25, 0.3) is 5.91 Å². The molecular formula is C20H18F2N6O5. The van der Waals surface area contributed by atoms with Crippen LogP contribution in [0.1, 0.15) is 27.8 Å². The normalized spacial score (nSPS) is 11.5. The van der Waals surface area contributed by atoms with Gasteiger partial charge in [-0.3, -0.25) is 10.1 Å². The Labute approximate surface area is 185 Å². The molecular weight excluding hydrogens is 442 g/mol. The van der Waals surface area contributed by atoms with Crippen molar-refractivity contribution in [1.29, 1.82) is 0 Å². The molecule has 3 N–H and O–H groups in total. The number of ether oxygens (including phenoxy) is 2. The van der Waals surface area contributed by atoms with Crippen molar-refractivity contribution in [3.8, 4) is 17.1 Å². The lowest BCUT2D eigenvalue weighted by atomic mass is 10.1. The number of hydrogen-bond acceptors (Lipinski definition) is 8. The average Bonchev–Trinajstić information content (AvgIpc) is 3.14. The van der Waals surface area contributed by atoms with E-state index in [4.69, 9.17) is 15.2 Å². The zero-order valence-corrected chi connectivity index (χ0v) is 17.4. The smallest absolute Gasteiger partial charge is 0.414 e. The van der Waals surface area contributed by atoms with Crippen LogP contribution in [0.15, 0.2) is 36.4 Å². The number of carbonyl (C=O) groups excluding carboxylic acids is 3. The molecule has 3 aromatic rings. The summed E-state index contributed by atoms with van der Waals surface area (Å²) >= 11 is 0. The summed E-state index contributed by atoms with van der Waals surface area (Å²) < 4.78 is 37.6. The molecule has 0 unspecified atom stereocenters. The lowest BCUT2D eigenvalue weighted by molar-refractivity contribution is 0.0728. The Balaban J connectivity index is 1.78. The van der Waals surface area contributed by atoms with E-state index >= 15 is 0 Å². The van der Waals surface area contributed by atoms with Gasteiger partial charge >= 0.3 is 12.2 Å². The molecule has 0 radical (unpaired) electrons. The van der Waals surface area contributed by atoms with Crippen LogP contribution in [0.2, 0.25) is 0 Å². The fraction of sp³-hybridized carbons (Fsp3) is 0.200. The summed E-state index contributed by atoms with van der Waals surface area (Å²) in [7, 11) is 1.41. The number of pyridine rings is 1. The molecule has 33 heavy (non-hydrogen) atoms. The van der Waals surface area contributed by atoms with Crippen LogP contribution in [0.3, 0.4) is 0 Å². The summed E-state index contributed by atoms with van der Waals surface area (Å²) in [6.07, 6.45) is -3.69. The number of aromatic nitrogens is 4. The van der Waals surface area contributed by atoms with Crippen molar-refractivity contribution in [2.75, 3.05) is 6.67 Å². The third kappa shape index (κ3) is 5.44. The molecule has 0 aliphatic rings. The number of rotatable bonds is 6. The number of primary amides is 1. The van der Waals surface area contributed by atoms with E-state index < -0.39 is 36.7 Å². The SMILES string of the molecule is Cc1nc(-c2nnn(C)c2C(=O)NC(=O)O[C@H](CF)c2cccc(F)c2)ccc1OC(N)=O. The van der Waals surface area contributed by atoms with Crippen molar-refractivity contribution in [3.05, 3.63) is 59.2 Å². The van der Waals surface area contributed by atoms with Crippen molar-refractivity contribution >= 4 is 18.1 Å². The van der Waals surface area contributed by atoms with Crippen molar-refractivity contribution < 1.29 is 32.6 Å². The second-order valence-electron chi connectivity index (χ2n) is 6.67. The largest absolute Gasteiger partial charge is 0.438 e. The minimum Gasteiger partial charge on any atom is -0.438 e. The molecule has 1 aromatic carbocycles. The maximum atomic E-state index is 13.4. The summed E-state index contributed by atoms with van der Waals surface area (Å²) in [5.74, 6) is -1.47. The Morgan fingerprint density at radius 2 is 2.00 bits per heavy atom. The molecule has 0 bridgehead atoms. The van der Waals surface area contributed by atoms with Gasteiger partial charge in [0.05, 0.1) is 11.4 Å². The second-order valence-corrected chi connectivity index (χ2v) is 6.67. The minimum absolute atomic E-state index is 0.0173. The summed E-state index contributed by atoms with van der Waals surface area (Å²) in [6.45, 7) is 0.408. The molecule has 0 fully saturated rings. The molecule has 0 spiro atoms. The monoisotopic (exact) mass is 460 g/mol. The molecule has 3 amide bonds. The summed E-state index contributed by atoms with van der Waals surface area (Å²) in [5.41, 5.74) is 5.42. The van der Waals surface area contributed by atoms with Crippen LogP contribution in [0.5, 0.6) is 5.75 Å². The number of hydrogen-bond donors (Lipinski definition) is 2. The standard InChI is InChI=1S/C20H18F2N6O5/c1-10-14(32-19(23)30)7-6-13(24-10)16-17(28(2)27-26-16)18(29)25-20(31)33-15(9-21)11-4-3-5-12(22)8-11/h3-8,15H,9H2,1-2H3,(H2,23,30)(H,25,29,31)/t15-/m1/s1. The Hall–Kier alpha value is -4.42. The number of nitrogens with one attached hydrogen (secondary N) is 1. The second kappa shape index (κ2) is 9.80. The predicted octanol–water partition coefficient (Wildman–Crippen LogP) is 2.36. The minimum atomic E-state index is -1.42. The highest BCUT2D eigenvalue weighted by molar-refractivity contribution is 6.05. The van der Waals surface area contributed by atoms with Gasteiger partial charge in [-0.25, -0.2) is 28.0 Å². The Bertz CT molecular complexity index is 1220. The molecule has 0 saturated heterocycles. The number of aryl methyl sites for hydroxylation is 2. The number of alkyl carbamates (subject to hydrolysis) is 1. The van der Waals surface area contributed by atoms with Crippen molar-refractivity contribution in [3.63, 3.8) is 0 Å². The highest BCUT2D eigenvalue weighted by Crippen LogP contribution is 2.24. The van der Waals surface area contributed by atoms with Crippen LogP contribution < -0.4 is 15.8 Å². The van der Waals surface area contributed by atoms with Gasteiger partial charge in [-0.15, -0.1) is 5.10 Å². The van der Waals surface area contributed by atoms with E-state index in [0.29, 0.717) is 0 Å². The third-order valence-electron chi connectivity index (χ3n) is 4.36. The van der Waals surface area contributed by atoms with Gasteiger partial charge < -0.3 is 15.2 Å². The Morgan fingerprint density at radius 1 is 1.24 bits per heavy atom. The van der Waals surface area contributed by atoms with Crippen molar-refractivity contribution in [2.24, 2.45) is 12.8 Å². The van der Waals surface area contributed by atoms with Crippen LogP contribution in [0.4, 0.5) is 18.4 Å². The number of benzene rings is 1. The fourth-order valence-corrected chi connectivity index (χ4v) is 2.89. The van der Waals surface area contributed by atoms with Crippen LogP contribution in [-0.2, 0) is 11.8 Å². The summed E-state index contributed by atoms with van der Waals surface area (Å²) in [6, 6.07) is 7.70. The Morgan fingerprint density at radius 3 is 2.64 bits per heavy atom. The lowest BCUT2D eigenvalue weighted by Gasteiger charge is -2.15. The number of alkyl halides is 1. The zero-order valence-electron chi connectivity index (χ0n) is 17.4. The van der Waals surface area contributed by atoms with Crippen molar-refractivity contribution in [2.45, 2.75) is 13.0 Å². The Kier molecular flexibility index (Phi) is 6.91. The quantitative estimate of drug-likeness (QED) is 0.569. The topological polar surface area (TPSA) is 151 Å². The molecule has 13 heteroatoms. The average molecular weight is 460 g/mol. The highest BCUT2D eigenvalue weighted by Gasteiger charge is 2.25. The molecule has 0 aliphatic heterocycles. The number of nitrogens with zero attached hydrogens (tertiary/aromatic N) is 4. The first-order valence-electron chi connectivity index (χ1n) is 9.38. The van der Waals surface area contributed by atoms with E-state index in [2.05, 4.69) is 15.3 Å². The lowest BCUT2D eigenvalue weighted by Crippen LogP contribution is -2.34. The predicted molar refractivity (Wildman–Crippen MR) is 108 cm³/mol. The molecule has 0 aliphatic carbocycles. The maximum Gasteiger partial charge on any atom is 0.414 e. The van der Waals surface area contributed by atoms with Gasteiger partial charge in [0.1, 0.15) is 18.2 Å². The van der Waals surface area contributed by atoms with Crippen LogP contribution in [-0.4, -0.2) is 44.7 Å². The molecule has 11 nitrogen and oxygen atoms in total. The van der Waals surface area contributed by atoms with Gasteiger partial charge in [0.2, 0.25) is 0 Å². The molecule has 0 saturated carbocycles. The first-order chi connectivity index (χ1) is 15.7. The van der Waals surface area contributed by atoms with E-state index in [9.17, 15) is 23.2 Å². The number of halogens is 2. The van der Waals surface area contributed by atoms with E-state index in [-0.39, 0.29) is 34.1 Å². The van der Waals surface area contributed by atoms with Gasteiger partial charge in [0.15, 0.2) is 17.5 Å². The van der Waals surface area contributed by atoms with Gasteiger partial charge in [-0.1, -0.05) is 17.3 Å². The van der Waals surface area contributed by atoms with Gasteiger partial charge in [0, 0.05) is 7.05 Å². The molecule has 2 aromatic heterocycles. The van der Waals surface area contributed by atoms with E-state index in [0.717, 1.165) is 16.8 Å². The first-order valence-corrected chi connectivity index (χ1v) is 9.38. The zero-order chi connectivity index (χ0) is 24.1. The van der Waals surface area contributed by atoms with Gasteiger partial charge in [-0.2, -0.15) is 0 Å². The van der Waals surface area contributed by atoms with E-state index in [1.165, 1.54) is 31.3 Å². The molecule has 2 heterocycles. The van der Waals surface area contributed by atoms with Crippen molar-refractivity contribution in [1.82, 2.24) is 25.3 Å². The van der Waals surface area contributed by atoms with Crippen LogP contribution >= 0.6 is 0 Å². The number of nitrogens with two attached hydrogens (primary N) is 1. The molecule has 172 valence electrons. The van der Waals surface area contributed by atoms with E-state index in [1.54, 1.807) is 6.92 Å². The van der Waals surface area contributed by atoms with Crippen LogP contribution in [0, 0.1) is 12.7 Å². The van der Waals surface area contributed by atoms with Crippen LogP contribution in [0.25, 0.3) is 11.4 Å². The molecule has 3 rings (SSSR count). The highest BCUT2D eigenvalue weighted by atomic mass is 19.1. The molecule has 1 atom stereocenters.